The number of anilines is 1. The molecule has 2 aromatic carbocycles. The molecule has 0 saturated carbocycles. The Morgan fingerprint density at radius 3 is 2.17 bits per heavy atom. The fourth-order valence-corrected chi connectivity index (χ4v) is 3.06. The number of nitro benzene ring substituents is 1. The van der Waals surface area contributed by atoms with E-state index in [0.29, 0.717) is 17.0 Å². The van der Waals surface area contributed by atoms with Crippen LogP contribution in [0.25, 0.3) is 5.57 Å². The van der Waals surface area contributed by atoms with E-state index in [1.54, 1.807) is 31.4 Å². The van der Waals surface area contributed by atoms with Crippen LogP contribution in [0.3, 0.4) is 0 Å². The molecule has 1 aliphatic rings. The lowest BCUT2D eigenvalue weighted by atomic mass is 10.0. The predicted molar refractivity (Wildman–Crippen MR) is 108 cm³/mol. The topological polar surface area (TPSA) is 102 Å². The normalized spacial score (nSPS) is 14.0. The van der Waals surface area contributed by atoms with Gasteiger partial charge in [0.2, 0.25) is 0 Å². The van der Waals surface area contributed by atoms with E-state index < -0.39 is 16.7 Å². The van der Waals surface area contributed by atoms with Gasteiger partial charge in [-0.05, 0) is 47.9 Å². The van der Waals surface area contributed by atoms with E-state index in [2.05, 4.69) is 5.32 Å². The van der Waals surface area contributed by atoms with E-state index >= 15 is 0 Å². The van der Waals surface area contributed by atoms with Crippen LogP contribution in [0.5, 0.6) is 5.75 Å². The molecule has 0 atom stereocenters. The number of hydrogen-bond donors (Lipinski definition) is 1. The molecule has 0 bridgehead atoms. The number of non-ortho nitro benzene ring substituents is 1. The van der Waals surface area contributed by atoms with Crippen molar-refractivity contribution >= 4 is 28.8 Å². The van der Waals surface area contributed by atoms with Crippen LogP contribution in [-0.4, -0.2) is 35.3 Å². The minimum Gasteiger partial charge on any atom is -0.497 e. The summed E-state index contributed by atoms with van der Waals surface area (Å²) in [7, 11) is 1.56. The molecule has 2 amide bonds. The van der Waals surface area contributed by atoms with Gasteiger partial charge < -0.3 is 10.1 Å². The fourth-order valence-electron chi connectivity index (χ4n) is 3.06. The van der Waals surface area contributed by atoms with Gasteiger partial charge >= 0.3 is 0 Å². The first-order valence-electron chi connectivity index (χ1n) is 9.08. The monoisotopic (exact) mass is 395 g/mol. The lowest BCUT2D eigenvalue weighted by Gasteiger charge is -2.17. The van der Waals surface area contributed by atoms with Crippen LogP contribution in [0.4, 0.5) is 11.4 Å². The van der Waals surface area contributed by atoms with Crippen molar-refractivity contribution in [3.05, 3.63) is 69.9 Å². The summed E-state index contributed by atoms with van der Waals surface area (Å²) in [6.45, 7) is 4.12. The Hall–Kier alpha value is -3.68. The molecular formula is C21H21N3O5. The minimum atomic E-state index is -0.513. The average molecular weight is 395 g/mol. The van der Waals surface area contributed by atoms with Crippen LogP contribution in [0.15, 0.2) is 54.2 Å². The number of amides is 2. The van der Waals surface area contributed by atoms with Crippen molar-refractivity contribution < 1.29 is 19.2 Å². The molecule has 1 aliphatic heterocycles. The number of carbonyl (C=O) groups is 2. The van der Waals surface area contributed by atoms with E-state index in [9.17, 15) is 19.7 Å². The van der Waals surface area contributed by atoms with Crippen molar-refractivity contribution in [1.29, 1.82) is 0 Å². The maximum atomic E-state index is 13.0. The van der Waals surface area contributed by atoms with Crippen molar-refractivity contribution in [2.75, 3.05) is 19.0 Å². The van der Waals surface area contributed by atoms with Crippen LogP contribution in [0.2, 0.25) is 0 Å². The molecule has 29 heavy (non-hydrogen) atoms. The van der Waals surface area contributed by atoms with Crippen LogP contribution < -0.4 is 10.1 Å². The van der Waals surface area contributed by atoms with E-state index in [1.807, 2.05) is 13.8 Å². The third kappa shape index (κ3) is 4.11. The molecule has 0 radical (unpaired) electrons. The largest absolute Gasteiger partial charge is 0.497 e. The van der Waals surface area contributed by atoms with E-state index in [-0.39, 0.29) is 29.4 Å². The molecule has 150 valence electrons. The highest BCUT2D eigenvalue weighted by Crippen LogP contribution is 2.32. The average Bonchev–Trinajstić information content (AvgIpc) is 2.92. The lowest BCUT2D eigenvalue weighted by molar-refractivity contribution is -0.384. The molecule has 0 saturated heterocycles. The van der Waals surface area contributed by atoms with Crippen molar-refractivity contribution in [1.82, 2.24) is 4.90 Å². The molecule has 3 rings (SSSR count). The number of carbonyl (C=O) groups excluding carboxylic acids is 2. The van der Waals surface area contributed by atoms with Crippen LogP contribution >= 0.6 is 0 Å². The maximum absolute atomic E-state index is 13.0. The molecule has 0 unspecified atom stereocenters. The van der Waals surface area contributed by atoms with Crippen molar-refractivity contribution in [2.24, 2.45) is 5.92 Å². The second-order valence-corrected chi connectivity index (χ2v) is 7.02. The summed E-state index contributed by atoms with van der Waals surface area (Å²) < 4.78 is 5.13. The Labute approximate surface area is 167 Å². The summed E-state index contributed by atoms with van der Waals surface area (Å²) in [5.74, 6) is -0.0850. The summed E-state index contributed by atoms with van der Waals surface area (Å²) >= 11 is 0. The van der Waals surface area contributed by atoms with Crippen molar-refractivity contribution in [2.45, 2.75) is 13.8 Å². The molecule has 0 fully saturated rings. The molecular weight excluding hydrogens is 374 g/mol. The van der Waals surface area contributed by atoms with Gasteiger partial charge in [0.15, 0.2) is 0 Å². The highest BCUT2D eigenvalue weighted by Gasteiger charge is 2.39. The number of rotatable bonds is 7. The number of benzene rings is 2. The zero-order valence-electron chi connectivity index (χ0n) is 16.3. The summed E-state index contributed by atoms with van der Waals surface area (Å²) in [6.07, 6.45) is 0. The van der Waals surface area contributed by atoms with Gasteiger partial charge in [-0.1, -0.05) is 13.8 Å². The highest BCUT2D eigenvalue weighted by atomic mass is 16.6. The SMILES string of the molecule is COc1ccc(NC2=C(c3ccc([N+](=O)[O-])cc3)C(=O)N(CC(C)C)C2=O)cc1. The summed E-state index contributed by atoms with van der Waals surface area (Å²) in [5.41, 5.74) is 1.31. The second-order valence-electron chi connectivity index (χ2n) is 7.02. The second kappa shape index (κ2) is 8.14. The number of methoxy groups -OCH3 is 1. The number of nitrogens with zero attached hydrogens (tertiary/aromatic N) is 2. The Morgan fingerprint density at radius 1 is 1.03 bits per heavy atom. The van der Waals surface area contributed by atoms with Crippen LogP contribution in [0, 0.1) is 16.0 Å². The van der Waals surface area contributed by atoms with E-state index in [4.69, 9.17) is 4.74 Å². The first-order valence-corrected chi connectivity index (χ1v) is 9.08. The third-order valence-electron chi connectivity index (χ3n) is 4.44. The Balaban J connectivity index is 2.03. The van der Waals surface area contributed by atoms with Gasteiger partial charge in [0, 0.05) is 24.4 Å². The lowest BCUT2D eigenvalue weighted by Crippen LogP contribution is -2.35. The zero-order valence-corrected chi connectivity index (χ0v) is 16.3. The summed E-state index contributed by atoms with van der Waals surface area (Å²) in [6, 6.07) is 12.5. The maximum Gasteiger partial charge on any atom is 0.278 e. The number of hydrogen-bond acceptors (Lipinski definition) is 6. The number of ether oxygens (including phenoxy) is 1. The van der Waals surface area contributed by atoms with E-state index in [0.717, 1.165) is 0 Å². The first-order chi connectivity index (χ1) is 13.8. The Morgan fingerprint density at radius 2 is 1.66 bits per heavy atom. The minimum absolute atomic E-state index is 0.0881. The van der Waals surface area contributed by atoms with Gasteiger partial charge in [0.25, 0.3) is 17.5 Å². The van der Waals surface area contributed by atoms with Gasteiger partial charge in [0.05, 0.1) is 17.6 Å². The molecule has 0 aromatic heterocycles. The Bertz CT molecular complexity index is 978. The van der Waals surface area contributed by atoms with Crippen molar-refractivity contribution in [3.8, 4) is 5.75 Å². The van der Waals surface area contributed by atoms with Gasteiger partial charge in [-0.3, -0.25) is 24.6 Å². The number of nitro groups is 1. The number of imide groups is 1. The van der Waals surface area contributed by atoms with Gasteiger partial charge in [-0.25, -0.2) is 0 Å². The first kappa shape index (κ1) is 20.1. The zero-order chi connectivity index (χ0) is 21.1. The quantitative estimate of drug-likeness (QED) is 0.438. The molecule has 0 aliphatic carbocycles. The van der Waals surface area contributed by atoms with Gasteiger partial charge in [-0.15, -0.1) is 0 Å². The van der Waals surface area contributed by atoms with Gasteiger partial charge in [-0.2, -0.15) is 0 Å². The smallest absolute Gasteiger partial charge is 0.278 e. The summed E-state index contributed by atoms with van der Waals surface area (Å²) in [5, 5.41) is 14.0. The fraction of sp³-hybridized carbons (Fsp3) is 0.238. The number of nitrogens with one attached hydrogen (secondary N) is 1. The predicted octanol–water partition coefficient (Wildman–Crippen LogP) is 3.45. The summed E-state index contributed by atoms with van der Waals surface area (Å²) in [4.78, 5) is 37.6. The standard InChI is InChI=1S/C21H21N3O5/c1-13(2)12-23-20(25)18(14-4-8-16(9-5-14)24(27)28)19(21(23)26)22-15-6-10-17(29-3)11-7-15/h4-11,13,22H,12H2,1-3H3. The molecule has 8 heteroatoms. The Kier molecular flexibility index (Phi) is 5.63. The third-order valence-corrected chi connectivity index (χ3v) is 4.44. The van der Waals surface area contributed by atoms with Crippen LogP contribution in [0.1, 0.15) is 19.4 Å². The van der Waals surface area contributed by atoms with E-state index in [1.165, 1.54) is 29.2 Å². The van der Waals surface area contributed by atoms with Crippen molar-refractivity contribution in [3.63, 3.8) is 0 Å². The molecule has 0 spiro atoms. The van der Waals surface area contributed by atoms with Gasteiger partial charge in [0.1, 0.15) is 11.4 Å². The van der Waals surface area contributed by atoms with Crippen LogP contribution in [-0.2, 0) is 9.59 Å². The highest BCUT2D eigenvalue weighted by molar-refractivity contribution is 6.36. The molecule has 1 heterocycles. The molecule has 2 aromatic rings. The molecule has 8 nitrogen and oxygen atoms in total. The molecule has 1 N–H and O–H groups in total.